The molecule has 3 saturated carbocycles. The first kappa shape index (κ1) is 27.0. The summed E-state index contributed by atoms with van der Waals surface area (Å²) in [4.78, 5) is 0. The molecule has 3 aliphatic carbocycles. The molecule has 5 unspecified atom stereocenters. The normalized spacial score (nSPS) is 31.5. The smallest absolute Gasteiger partial charge is 0.0645 e. The molecular weight excluding hydrogens is 404 g/mol. The van der Waals surface area contributed by atoms with Gasteiger partial charge in [-0.25, -0.2) is 0 Å². The van der Waals surface area contributed by atoms with Gasteiger partial charge >= 0.3 is 0 Å². The van der Waals surface area contributed by atoms with Gasteiger partial charge in [0.25, 0.3) is 0 Å². The van der Waals surface area contributed by atoms with Crippen LogP contribution < -0.4 is 0 Å². The maximum atomic E-state index is 6.76. The van der Waals surface area contributed by atoms with Crippen molar-refractivity contribution in [3.63, 3.8) is 0 Å². The summed E-state index contributed by atoms with van der Waals surface area (Å²) in [6, 6.07) is 0. The van der Waals surface area contributed by atoms with Gasteiger partial charge in [0.1, 0.15) is 0 Å². The van der Waals surface area contributed by atoms with Gasteiger partial charge in [0.2, 0.25) is 0 Å². The highest BCUT2D eigenvalue weighted by Crippen LogP contribution is 2.37. The van der Waals surface area contributed by atoms with Crippen LogP contribution in [-0.2, 0) is 9.47 Å². The zero-order valence-corrected chi connectivity index (χ0v) is 22.2. The molecular formula is C31H54O2. The van der Waals surface area contributed by atoms with Crippen LogP contribution in [0.3, 0.4) is 0 Å². The van der Waals surface area contributed by atoms with E-state index in [0.717, 1.165) is 31.3 Å². The molecule has 0 saturated heterocycles. The second kappa shape index (κ2) is 15.4. The van der Waals surface area contributed by atoms with Crippen molar-refractivity contribution in [2.45, 2.75) is 129 Å². The van der Waals surface area contributed by atoms with Crippen LogP contribution in [0.4, 0.5) is 0 Å². The highest BCUT2D eigenvalue weighted by atomic mass is 16.5. The van der Waals surface area contributed by atoms with E-state index in [2.05, 4.69) is 38.2 Å². The molecule has 190 valence electrons. The third-order valence-electron chi connectivity index (χ3n) is 8.92. The van der Waals surface area contributed by atoms with Crippen LogP contribution >= 0.6 is 0 Å². The highest BCUT2D eigenvalue weighted by Gasteiger charge is 2.36. The summed E-state index contributed by atoms with van der Waals surface area (Å²) in [5, 5.41) is 0. The average Bonchev–Trinajstić information content (AvgIpc) is 2.87. The summed E-state index contributed by atoms with van der Waals surface area (Å²) in [7, 11) is 1.92. The molecule has 0 bridgehead atoms. The van der Waals surface area contributed by atoms with Crippen molar-refractivity contribution in [3.05, 3.63) is 24.3 Å². The fraction of sp³-hybridized carbons (Fsp3) is 0.871. The van der Waals surface area contributed by atoms with E-state index in [-0.39, 0.29) is 0 Å². The van der Waals surface area contributed by atoms with Crippen molar-refractivity contribution in [1.29, 1.82) is 0 Å². The predicted octanol–water partition coefficient (Wildman–Crippen LogP) is 8.90. The molecule has 3 rings (SSSR count). The van der Waals surface area contributed by atoms with Gasteiger partial charge in [0, 0.05) is 25.6 Å². The standard InChI is InChI=1S/C31H54O2/c1-4-6-13-25(5-2)24-33-31-23-28(20-18-26-14-9-7-10-15-26)30(32-3)22-29(31)21-19-27-16-11-8-12-17-27/h18-21,25-31H,4-17,22-24H2,1-3H3/b20-18+,21-19+. The Labute approximate surface area is 206 Å². The van der Waals surface area contributed by atoms with Gasteiger partial charge in [-0.05, 0) is 62.7 Å². The lowest BCUT2D eigenvalue weighted by molar-refractivity contribution is -0.0684. The highest BCUT2D eigenvalue weighted by molar-refractivity contribution is 5.06. The molecule has 0 aliphatic heterocycles. The van der Waals surface area contributed by atoms with Crippen LogP contribution in [0.1, 0.15) is 117 Å². The maximum Gasteiger partial charge on any atom is 0.0645 e. The largest absolute Gasteiger partial charge is 0.381 e. The first-order valence-electron chi connectivity index (χ1n) is 14.7. The van der Waals surface area contributed by atoms with Gasteiger partial charge in [-0.15, -0.1) is 0 Å². The third-order valence-corrected chi connectivity index (χ3v) is 8.92. The molecule has 3 fully saturated rings. The number of ether oxygens (including phenoxy) is 2. The van der Waals surface area contributed by atoms with Crippen LogP contribution in [0.5, 0.6) is 0 Å². The molecule has 5 atom stereocenters. The maximum absolute atomic E-state index is 6.76. The topological polar surface area (TPSA) is 18.5 Å². The number of hydrogen-bond donors (Lipinski definition) is 0. The van der Waals surface area contributed by atoms with Crippen molar-refractivity contribution in [1.82, 2.24) is 0 Å². The molecule has 0 aromatic heterocycles. The fourth-order valence-electron chi connectivity index (χ4n) is 6.47. The van der Waals surface area contributed by atoms with E-state index >= 15 is 0 Å². The molecule has 33 heavy (non-hydrogen) atoms. The summed E-state index contributed by atoms with van der Waals surface area (Å²) >= 11 is 0. The second-order valence-electron chi connectivity index (χ2n) is 11.4. The van der Waals surface area contributed by atoms with Crippen molar-refractivity contribution >= 4 is 0 Å². The van der Waals surface area contributed by atoms with Crippen LogP contribution in [0.25, 0.3) is 0 Å². The fourth-order valence-corrected chi connectivity index (χ4v) is 6.47. The lowest BCUT2D eigenvalue weighted by Gasteiger charge is -2.39. The minimum atomic E-state index is 0.327. The van der Waals surface area contributed by atoms with Gasteiger partial charge in [0.15, 0.2) is 0 Å². The summed E-state index contributed by atoms with van der Waals surface area (Å²) in [6.45, 7) is 5.57. The van der Waals surface area contributed by atoms with Crippen molar-refractivity contribution < 1.29 is 9.47 Å². The Kier molecular flexibility index (Phi) is 12.6. The SMILES string of the molecule is CCCCC(CC)COC1CC(/C=C/C2CCCCC2)C(OC)CC1/C=C/C1CCCCC1. The Morgan fingerprint density at radius 3 is 1.79 bits per heavy atom. The molecule has 3 aliphatic rings. The number of methoxy groups -OCH3 is 1. The van der Waals surface area contributed by atoms with Crippen LogP contribution in [0.15, 0.2) is 24.3 Å². The van der Waals surface area contributed by atoms with Gasteiger partial charge in [-0.3, -0.25) is 0 Å². The Morgan fingerprint density at radius 2 is 1.27 bits per heavy atom. The van der Waals surface area contributed by atoms with E-state index in [4.69, 9.17) is 9.47 Å². The van der Waals surface area contributed by atoms with Crippen molar-refractivity contribution in [2.75, 3.05) is 13.7 Å². The van der Waals surface area contributed by atoms with Crippen LogP contribution in [-0.4, -0.2) is 25.9 Å². The van der Waals surface area contributed by atoms with E-state index < -0.39 is 0 Å². The summed E-state index contributed by atoms with van der Waals surface area (Å²) in [5.74, 6) is 3.29. The quantitative estimate of drug-likeness (QED) is 0.272. The molecule has 0 amide bonds. The molecule has 0 aromatic rings. The zero-order valence-electron chi connectivity index (χ0n) is 22.2. The van der Waals surface area contributed by atoms with E-state index in [9.17, 15) is 0 Å². The average molecular weight is 459 g/mol. The van der Waals surface area contributed by atoms with Crippen LogP contribution in [0, 0.1) is 29.6 Å². The molecule has 0 heterocycles. The first-order chi connectivity index (χ1) is 16.2. The summed E-state index contributed by atoms with van der Waals surface area (Å²) in [5.41, 5.74) is 0. The van der Waals surface area contributed by atoms with E-state index in [1.165, 1.54) is 89.9 Å². The Morgan fingerprint density at radius 1 is 0.727 bits per heavy atom. The van der Waals surface area contributed by atoms with E-state index in [0.29, 0.717) is 30.0 Å². The van der Waals surface area contributed by atoms with E-state index in [1.54, 1.807) is 0 Å². The predicted molar refractivity (Wildman–Crippen MR) is 141 cm³/mol. The molecule has 0 aromatic carbocycles. The Hall–Kier alpha value is -0.600. The van der Waals surface area contributed by atoms with Crippen molar-refractivity contribution in [2.24, 2.45) is 29.6 Å². The summed E-state index contributed by atoms with van der Waals surface area (Å²) in [6.07, 6.45) is 32.2. The number of unbranched alkanes of at least 4 members (excludes halogenated alkanes) is 1. The van der Waals surface area contributed by atoms with Gasteiger partial charge < -0.3 is 9.47 Å². The number of hydrogen-bond acceptors (Lipinski definition) is 2. The zero-order chi connectivity index (χ0) is 23.3. The lowest BCUT2D eigenvalue weighted by atomic mass is 9.75. The van der Waals surface area contributed by atoms with Gasteiger partial charge in [-0.1, -0.05) is 95.9 Å². The molecule has 0 spiro atoms. The van der Waals surface area contributed by atoms with Gasteiger partial charge in [-0.2, -0.15) is 0 Å². The minimum Gasteiger partial charge on any atom is -0.381 e. The first-order valence-corrected chi connectivity index (χ1v) is 14.7. The molecule has 0 radical (unpaired) electrons. The summed E-state index contributed by atoms with van der Waals surface area (Å²) < 4.78 is 12.8. The number of rotatable bonds is 12. The third kappa shape index (κ3) is 9.17. The van der Waals surface area contributed by atoms with E-state index in [1.807, 2.05) is 7.11 Å². The molecule has 2 heteroatoms. The minimum absolute atomic E-state index is 0.327. The van der Waals surface area contributed by atoms with Crippen molar-refractivity contribution in [3.8, 4) is 0 Å². The lowest BCUT2D eigenvalue weighted by Crippen LogP contribution is -2.40. The Balaban J connectivity index is 1.65. The number of allylic oxidation sites excluding steroid dienone is 2. The van der Waals surface area contributed by atoms with Gasteiger partial charge in [0.05, 0.1) is 12.2 Å². The monoisotopic (exact) mass is 458 g/mol. The second-order valence-corrected chi connectivity index (χ2v) is 11.4. The van der Waals surface area contributed by atoms with Crippen LogP contribution in [0.2, 0.25) is 0 Å². The Bertz CT molecular complexity index is 555. The molecule has 2 nitrogen and oxygen atoms in total. The molecule has 0 N–H and O–H groups in total.